The van der Waals surface area contributed by atoms with E-state index in [4.69, 9.17) is 4.74 Å². The van der Waals surface area contributed by atoms with E-state index < -0.39 is 17.1 Å². The number of para-hydroxylation sites is 2. The van der Waals surface area contributed by atoms with E-state index in [2.05, 4.69) is 10.3 Å². The van der Waals surface area contributed by atoms with Crippen molar-refractivity contribution in [2.45, 2.75) is 23.1 Å². The zero-order chi connectivity index (χ0) is 27.1. The van der Waals surface area contributed by atoms with Crippen molar-refractivity contribution in [3.63, 3.8) is 0 Å². The third-order valence-electron chi connectivity index (χ3n) is 6.79. The number of hydrogen-bond acceptors (Lipinski definition) is 7. The smallest absolute Gasteiger partial charge is 0.305 e. The maximum atomic E-state index is 13.9. The molecule has 6 rings (SSSR count). The van der Waals surface area contributed by atoms with Crippen molar-refractivity contribution < 1.29 is 19.1 Å². The molecule has 39 heavy (non-hydrogen) atoms. The van der Waals surface area contributed by atoms with Gasteiger partial charge in [-0.2, -0.15) is 0 Å². The van der Waals surface area contributed by atoms with E-state index in [1.54, 1.807) is 36.4 Å². The molecule has 0 saturated carbocycles. The Morgan fingerprint density at radius 3 is 2.44 bits per heavy atom. The summed E-state index contributed by atoms with van der Waals surface area (Å²) in [6.07, 6.45) is 0. The van der Waals surface area contributed by atoms with Crippen LogP contribution in [-0.2, 0) is 14.4 Å². The minimum atomic E-state index is -0.745. The van der Waals surface area contributed by atoms with E-state index in [1.807, 2.05) is 49.4 Å². The number of ether oxygens (including phenoxy) is 1. The van der Waals surface area contributed by atoms with Crippen molar-refractivity contribution in [3.05, 3.63) is 105 Å². The van der Waals surface area contributed by atoms with Gasteiger partial charge in [-0.05, 0) is 37.3 Å². The summed E-state index contributed by atoms with van der Waals surface area (Å²) in [5.41, 5.74) is 2.83. The number of carbonyl (C=O) groups excluding carboxylic acids is 3. The first kappa shape index (κ1) is 25.1. The quantitative estimate of drug-likeness (QED) is 0.337. The van der Waals surface area contributed by atoms with Crippen LogP contribution in [0.4, 0.5) is 11.4 Å². The van der Waals surface area contributed by atoms with Gasteiger partial charge in [0.15, 0.2) is 6.61 Å². The SMILES string of the molecule is Cc1ccc(N2C(=O)C3Sc4[nH]c(=O)sc4C(c4ccccc4OCC(=O)Nc4ccccc4)C3C2=O)cc1. The highest BCUT2D eigenvalue weighted by Crippen LogP contribution is 2.54. The fourth-order valence-corrected chi connectivity index (χ4v) is 7.54. The third-order valence-corrected chi connectivity index (χ3v) is 9.19. The molecule has 3 heterocycles. The third kappa shape index (κ3) is 4.66. The highest BCUT2D eigenvalue weighted by molar-refractivity contribution is 8.00. The van der Waals surface area contributed by atoms with Gasteiger partial charge in [-0.3, -0.25) is 19.2 Å². The van der Waals surface area contributed by atoms with E-state index in [0.29, 0.717) is 32.6 Å². The molecule has 3 unspecified atom stereocenters. The van der Waals surface area contributed by atoms with Crippen molar-refractivity contribution in [2.75, 3.05) is 16.8 Å². The van der Waals surface area contributed by atoms with Gasteiger partial charge >= 0.3 is 4.87 Å². The average Bonchev–Trinajstić information content (AvgIpc) is 3.43. The lowest BCUT2D eigenvalue weighted by molar-refractivity contribution is -0.122. The molecular weight excluding hydrogens is 534 g/mol. The Balaban J connectivity index is 1.35. The van der Waals surface area contributed by atoms with Crippen LogP contribution in [0.5, 0.6) is 5.75 Å². The predicted octanol–water partition coefficient (Wildman–Crippen LogP) is 4.56. The first-order chi connectivity index (χ1) is 18.9. The monoisotopic (exact) mass is 557 g/mol. The molecule has 2 aliphatic heterocycles. The number of H-pyrrole nitrogens is 1. The molecule has 1 fully saturated rings. The minimum absolute atomic E-state index is 0.250. The Labute approximate surface area is 232 Å². The van der Waals surface area contributed by atoms with Crippen LogP contribution in [0.15, 0.2) is 88.7 Å². The molecule has 0 aliphatic carbocycles. The van der Waals surface area contributed by atoms with Gasteiger partial charge in [0.2, 0.25) is 11.8 Å². The fraction of sp³-hybridized carbons (Fsp3) is 0.172. The molecule has 4 aromatic rings. The molecule has 0 spiro atoms. The zero-order valence-corrected chi connectivity index (χ0v) is 22.4. The van der Waals surface area contributed by atoms with Crippen LogP contribution < -0.4 is 19.8 Å². The van der Waals surface area contributed by atoms with Gasteiger partial charge in [-0.25, -0.2) is 4.90 Å². The number of anilines is 2. The standard InChI is InChI=1S/C29H23N3O5S2/c1-16-11-13-18(14-12-16)32-27(34)23-22(24-26(31-29(36)39-24)38-25(23)28(32)35)19-9-5-6-10-20(19)37-15-21(33)30-17-7-3-2-4-8-17/h2-14,22-23,25H,15H2,1H3,(H,30,33)(H,31,36). The number of benzene rings is 3. The van der Waals surface area contributed by atoms with E-state index in [9.17, 15) is 19.2 Å². The number of aromatic nitrogens is 1. The van der Waals surface area contributed by atoms with Crippen molar-refractivity contribution in [3.8, 4) is 5.75 Å². The lowest BCUT2D eigenvalue weighted by Gasteiger charge is -2.30. The number of imide groups is 1. The van der Waals surface area contributed by atoms with Crippen molar-refractivity contribution in [2.24, 2.45) is 5.92 Å². The molecule has 1 aromatic heterocycles. The van der Waals surface area contributed by atoms with Gasteiger partial charge in [-0.15, -0.1) is 0 Å². The highest BCUT2D eigenvalue weighted by atomic mass is 32.2. The number of hydrogen-bond donors (Lipinski definition) is 2. The lowest BCUT2D eigenvalue weighted by atomic mass is 9.82. The number of aromatic amines is 1. The maximum absolute atomic E-state index is 13.9. The number of carbonyl (C=O) groups is 3. The molecule has 0 radical (unpaired) electrons. The number of nitrogens with one attached hydrogen (secondary N) is 2. The van der Waals surface area contributed by atoms with E-state index in [-0.39, 0.29) is 29.2 Å². The molecule has 196 valence electrons. The molecule has 3 aromatic carbocycles. The molecule has 10 heteroatoms. The van der Waals surface area contributed by atoms with Gasteiger partial charge in [0, 0.05) is 22.0 Å². The molecule has 1 saturated heterocycles. The van der Waals surface area contributed by atoms with E-state index in [0.717, 1.165) is 16.9 Å². The molecule has 3 amide bonds. The lowest BCUT2D eigenvalue weighted by Crippen LogP contribution is -2.32. The van der Waals surface area contributed by atoms with Crippen molar-refractivity contribution in [1.29, 1.82) is 0 Å². The van der Waals surface area contributed by atoms with Gasteiger partial charge in [0.25, 0.3) is 5.91 Å². The normalized spacial score (nSPS) is 19.9. The van der Waals surface area contributed by atoms with Gasteiger partial charge in [0.1, 0.15) is 11.0 Å². The summed E-state index contributed by atoms with van der Waals surface area (Å²) in [7, 11) is 0. The summed E-state index contributed by atoms with van der Waals surface area (Å²) in [5, 5.41) is 2.66. The predicted molar refractivity (Wildman–Crippen MR) is 151 cm³/mol. The van der Waals surface area contributed by atoms with Crippen LogP contribution in [0.25, 0.3) is 0 Å². The zero-order valence-electron chi connectivity index (χ0n) is 20.7. The summed E-state index contributed by atoms with van der Waals surface area (Å²) in [6, 6.07) is 23.5. The molecule has 2 N–H and O–H groups in total. The number of amides is 3. The van der Waals surface area contributed by atoms with Crippen LogP contribution >= 0.6 is 23.1 Å². The Morgan fingerprint density at radius 1 is 0.949 bits per heavy atom. The molecule has 0 bridgehead atoms. The number of rotatable bonds is 6. The topological polar surface area (TPSA) is 109 Å². The van der Waals surface area contributed by atoms with Crippen LogP contribution in [0.2, 0.25) is 0 Å². The second-order valence-corrected chi connectivity index (χ2v) is 11.5. The molecule has 3 atom stereocenters. The van der Waals surface area contributed by atoms with Crippen molar-refractivity contribution >= 4 is 52.2 Å². The first-order valence-electron chi connectivity index (χ1n) is 12.3. The van der Waals surface area contributed by atoms with Gasteiger partial charge in [-0.1, -0.05) is 77.2 Å². The molecule has 2 aliphatic rings. The van der Waals surface area contributed by atoms with Crippen LogP contribution in [0.3, 0.4) is 0 Å². The van der Waals surface area contributed by atoms with Crippen LogP contribution in [-0.4, -0.2) is 34.6 Å². The van der Waals surface area contributed by atoms with Crippen LogP contribution in [0, 0.1) is 12.8 Å². The Kier molecular flexibility index (Phi) is 6.58. The Hall–Kier alpha value is -4.15. The van der Waals surface area contributed by atoms with Crippen molar-refractivity contribution in [1.82, 2.24) is 4.98 Å². The minimum Gasteiger partial charge on any atom is -0.483 e. The number of nitrogens with zero attached hydrogens (tertiary/aromatic N) is 1. The average molecular weight is 558 g/mol. The Morgan fingerprint density at radius 2 is 1.67 bits per heavy atom. The summed E-state index contributed by atoms with van der Waals surface area (Å²) in [4.78, 5) is 57.0. The van der Waals surface area contributed by atoms with E-state index >= 15 is 0 Å². The summed E-state index contributed by atoms with van der Waals surface area (Å²) >= 11 is 2.25. The van der Waals surface area contributed by atoms with Gasteiger partial charge < -0.3 is 15.0 Å². The van der Waals surface area contributed by atoms with Crippen LogP contribution in [0.1, 0.15) is 21.9 Å². The second-order valence-electron chi connectivity index (χ2n) is 9.34. The first-order valence-corrected chi connectivity index (χ1v) is 14.0. The fourth-order valence-electron chi connectivity index (χ4n) is 5.03. The second kappa shape index (κ2) is 10.2. The Bertz CT molecular complexity index is 1630. The molecular formula is C29H23N3O5S2. The van der Waals surface area contributed by atoms with Gasteiger partial charge in [0.05, 0.1) is 16.6 Å². The summed E-state index contributed by atoms with van der Waals surface area (Å²) in [5.74, 6) is -1.91. The number of aryl methyl sites for hydroxylation is 1. The number of thioether (sulfide) groups is 1. The highest BCUT2D eigenvalue weighted by Gasteiger charge is 2.56. The molecule has 8 nitrogen and oxygen atoms in total. The summed E-state index contributed by atoms with van der Waals surface area (Å²) < 4.78 is 5.97. The maximum Gasteiger partial charge on any atom is 0.305 e. The van der Waals surface area contributed by atoms with E-state index in [1.165, 1.54) is 16.7 Å². The number of fused-ring (bicyclic) bond motifs is 2. The number of thiazole rings is 1. The summed E-state index contributed by atoms with van der Waals surface area (Å²) in [6.45, 7) is 1.69. The largest absolute Gasteiger partial charge is 0.483 e.